The molecule has 0 amide bonds. The summed E-state index contributed by atoms with van der Waals surface area (Å²) in [7, 11) is 0. The first-order chi connectivity index (χ1) is 28.0. The van der Waals surface area contributed by atoms with E-state index in [4.69, 9.17) is 0 Å². The van der Waals surface area contributed by atoms with Crippen LogP contribution in [0.5, 0.6) is 0 Å². The van der Waals surface area contributed by atoms with Crippen molar-refractivity contribution in [2.45, 2.75) is 19.3 Å². The first kappa shape index (κ1) is 33.2. The minimum absolute atomic E-state index is 0.0546. The normalized spacial score (nSPS) is 12.9. The zero-order chi connectivity index (χ0) is 38.1. The number of hydrogen-bond acceptors (Lipinski definition) is 1. The van der Waals surface area contributed by atoms with Gasteiger partial charge in [0.1, 0.15) is 0 Å². The molecule has 0 aliphatic heterocycles. The molecule has 10 aromatic rings. The number of hydrogen-bond donors (Lipinski definition) is 0. The fraction of sp³-hybridized carbons (Fsp3) is 0.0545. The topological polar surface area (TPSA) is 8.17 Å². The van der Waals surface area contributed by atoms with Gasteiger partial charge in [-0.1, -0.05) is 166 Å². The Balaban J connectivity index is 1.08. The minimum atomic E-state index is -0.0546. The molecular weight excluding hydrogens is 689 g/mol. The molecule has 11 rings (SSSR count). The van der Waals surface area contributed by atoms with Gasteiger partial charge in [0.05, 0.1) is 11.0 Å². The number of anilines is 3. The number of rotatable bonds is 6. The van der Waals surface area contributed by atoms with E-state index < -0.39 is 0 Å². The monoisotopic (exact) mass is 728 g/mol. The molecule has 1 aromatic heterocycles. The lowest BCUT2D eigenvalue weighted by atomic mass is 9.81. The van der Waals surface area contributed by atoms with Gasteiger partial charge in [0, 0.05) is 38.9 Å². The van der Waals surface area contributed by atoms with Crippen molar-refractivity contribution in [1.29, 1.82) is 0 Å². The highest BCUT2D eigenvalue weighted by molar-refractivity contribution is 6.11. The van der Waals surface area contributed by atoms with Gasteiger partial charge in [-0.3, -0.25) is 0 Å². The van der Waals surface area contributed by atoms with Gasteiger partial charge in [-0.2, -0.15) is 0 Å². The predicted octanol–water partition coefficient (Wildman–Crippen LogP) is 15.0. The molecule has 0 N–H and O–H groups in total. The summed E-state index contributed by atoms with van der Waals surface area (Å²) in [5, 5.41) is 5.08. The minimum Gasteiger partial charge on any atom is -0.310 e. The Morgan fingerprint density at radius 1 is 0.404 bits per heavy atom. The summed E-state index contributed by atoms with van der Waals surface area (Å²) in [6.07, 6.45) is 0. The van der Waals surface area contributed by atoms with E-state index >= 15 is 0 Å². The van der Waals surface area contributed by atoms with Crippen LogP contribution < -0.4 is 4.90 Å². The third-order valence-corrected chi connectivity index (χ3v) is 12.2. The molecule has 270 valence electrons. The highest BCUT2D eigenvalue weighted by atomic mass is 15.1. The Bertz CT molecular complexity index is 3120. The molecule has 57 heavy (non-hydrogen) atoms. The summed E-state index contributed by atoms with van der Waals surface area (Å²) < 4.78 is 2.40. The summed E-state index contributed by atoms with van der Waals surface area (Å²) in [5.74, 6) is 0. The zero-order valence-corrected chi connectivity index (χ0v) is 32.0. The summed E-state index contributed by atoms with van der Waals surface area (Å²) >= 11 is 0. The quantitative estimate of drug-likeness (QED) is 0.165. The van der Waals surface area contributed by atoms with Gasteiger partial charge in [-0.05, 0) is 110 Å². The number of fused-ring (bicyclic) bond motifs is 8. The van der Waals surface area contributed by atoms with Gasteiger partial charge in [0.2, 0.25) is 0 Å². The van der Waals surface area contributed by atoms with Crippen molar-refractivity contribution >= 4 is 49.6 Å². The maximum absolute atomic E-state index is 2.40. The highest BCUT2D eigenvalue weighted by Gasteiger charge is 2.36. The van der Waals surface area contributed by atoms with Crippen LogP contribution in [-0.2, 0) is 5.41 Å². The van der Waals surface area contributed by atoms with Crippen LogP contribution in [-0.4, -0.2) is 4.57 Å². The lowest BCUT2D eigenvalue weighted by molar-refractivity contribution is 0.661. The first-order valence-corrected chi connectivity index (χ1v) is 19.9. The predicted molar refractivity (Wildman–Crippen MR) is 241 cm³/mol. The van der Waals surface area contributed by atoms with Crippen LogP contribution in [0.2, 0.25) is 0 Å². The van der Waals surface area contributed by atoms with E-state index in [-0.39, 0.29) is 5.41 Å². The highest BCUT2D eigenvalue weighted by Crippen LogP contribution is 2.53. The van der Waals surface area contributed by atoms with Gasteiger partial charge in [-0.15, -0.1) is 0 Å². The molecule has 0 bridgehead atoms. The smallest absolute Gasteiger partial charge is 0.0561 e. The Hall–Kier alpha value is -7.16. The third-order valence-electron chi connectivity index (χ3n) is 12.2. The van der Waals surface area contributed by atoms with Crippen molar-refractivity contribution in [3.05, 3.63) is 217 Å². The maximum atomic E-state index is 2.40. The van der Waals surface area contributed by atoms with Crippen LogP contribution in [0.4, 0.5) is 17.1 Å². The van der Waals surface area contributed by atoms with Crippen molar-refractivity contribution < 1.29 is 0 Å². The fourth-order valence-electron chi connectivity index (χ4n) is 9.44. The van der Waals surface area contributed by atoms with Gasteiger partial charge in [-0.25, -0.2) is 0 Å². The second-order valence-corrected chi connectivity index (χ2v) is 15.7. The molecule has 0 spiro atoms. The van der Waals surface area contributed by atoms with Crippen LogP contribution in [0.3, 0.4) is 0 Å². The Morgan fingerprint density at radius 2 is 1.00 bits per heavy atom. The van der Waals surface area contributed by atoms with E-state index in [1.54, 1.807) is 0 Å². The van der Waals surface area contributed by atoms with E-state index in [2.05, 4.69) is 230 Å². The van der Waals surface area contributed by atoms with Crippen LogP contribution in [0.15, 0.2) is 206 Å². The number of aromatic nitrogens is 1. The zero-order valence-electron chi connectivity index (χ0n) is 32.0. The van der Waals surface area contributed by atoms with Crippen molar-refractivity contribution in [2.75, 3.05) is 4.90 Å². The molecule has 2 nitrogen and oxygen atoms in total. The van der Waals surface area contributed by atoms with E-state index in [0.29, 0.717) is 0 Å². The van der Waals surface area contributed by atoms with Crippen molar-refractivity contribution in [2.24, 2.45) is 0 Å². The molecule has 0 fully saturated rings. The lowest BCUT2D eigenvalue weighted by Gasteiger charge is -2.26. The number of nitrogens with zero attached hydrogens (tertiary/aromatic N) is 2. The molecule has 0 atom stereocenters. The summed E-state index contributed by atoms with van der Waals surface area (Å²) in [4.78, 5) is 2.39. The van der Waals surface area contributed by atoms with Crippen LogP contribution in [0, 0.1) is 0 Å². The van der Waals surface area contributed by atoms with Crippen LogP contribution in [0.1, 0.15) is 25.0 Å². The Morgan fingerprint density at radius 3 is 1.77 bits per heavy atom. The summed E-state index contributed by atoms with van der Waals surface area (Å²) in [6, 6.07) is 75.5. The van der Waals surface area contributed by atoms with Crippen molar-refractivity contribution in [3.63, 3.8) is 0 Å². The van der Waals surface area contributed by atoms with E-state index in [0.717, 1.165) is 22.7 Å². The standard InChI is InChI=1S/C55H40N2/c1-55(2)49-22-11-9-20-48(49)54-50(55)35-28-40-16-13-21-45(53(40)54)39-26-31-43(32-27-39)56(42-29-24-38(25-30-42)37-14-5-3-6-15-37)44-33-34-47-46-19-10-12-23-51(46)57(52(47)36-44)41-17-7-4-8-18-41/h3-36H,1-2H3. The SMILES string of the molecule is CC1(C)c2ccccc2-c2c1ccc1cccc(-c3ccc(N(c4ccc(-c5ccccc5)cc4)c4ccc5c6ccccc6n(-c6ccccc6)c5c4)cc3)c21. The van der Waals surface area contributed by atoms with Crippen molar-refractivity contribution in [3.8, 4) is 39.1 Å². The molecule has 1 aliphatic carbocycles. The Labute approximate surface area is 333 Å². The summed E-state index contributed by atoms with van der Waals surface area (Å²) in [6.45, 7) is 4.72. The average molecular weight is 729 g/mol. The molecule has 1 aliphatic rings. The largest absolute Gasteiger partial charge is 0.310 e. The van der Waals surface area contributed by atoms with E-state index in [1.807, 2.05) is 0 Å². The van der Waals surface area contributed by atoms with Crippen LogP contribution in [0.25, 0.3) is 71.6 Å². The molecular formula is C55H40N2. The van der Waals surface area contributed by atoms with Crippen LogP contribution >= 0.6 is 0 Å². The molecule has 2 heteroatoms. The van der Waals surface area contributed by atoms with Gasteiger partial charge >= 0.3 is 0 Å². The molecule has 0 radical (unpaired) electrons. The second kappa shape index (κ2) is 13.0. The first-order valence-electron chi connectivity index (χ1n) is 19.9. The Kier molecular flexibility index (Phi) is 7.55. The molecule has 0 saturated heterocycles. The average Bonchev–Trinajstić information content (AvgIpc) is 3.72. The van der Waals surface area contributed by atoms with Gasteiger partial charge in [0.25, 0.3) is 0 Å². The number of para-hydroxylation sites is 2. The van der Waals surface area contributed by atoms with E-state index in [1.165, 1.54) is 77.1 Å². The second-order valence-electron chi connectivity index (χ2n) is 15.7. The third kappa shape index (κ3) is 5.25. The molecule has 1 heterocycles. The van der Waals surface area contributed by atoms with Crippen molar-refractivity contribution in [1.82, 2.24) is 4.57 Å². The maximum Gasteiger partial charge on any atom is 0.0561 e. The molecule has 0 unspecified atom stereocenters. The molecule has 9 aromatic carbocycles. The van der Waals surface area contributed by atoms with E-state index in [9.17, 15) is 0 Å². The number of benzene rings is 9. The summed E-state index contributed by atoms with van der Waals surface area (Å²) in [5.41, 5.74) is 17.2. The lowest BCUT2D eigenvalue weighted by Crippen LogP contribution is -2.14. The fourth-order valence-corrected chi connectivity index (χ4v) is 9.44. The van der Waals surface area contributed by atoms with Gasteiger partial charge < -0.3 is 9.47 Å². The van der Waals surface area contributed by atoms with Gasteiger partial charge in [0.15, 0.2) is 0 Å². The molecule has 0 saturated carbocycles.